The molecule has 1 saturated heterocycles. The Labute approximate surface area is 120 Å². The number of rotatable bonds is 2. The lowest BCUT2D eigenvalue weighted by Crippen LogP contribution is -2.47. The van der Waals surface area contributed by atoms with E-state index in [2.05, 4.69) is 12.1 Å². The average Bonchev–Trinajstić information content (AvgIpc) is 2.54. The fourth-order valence-electron chi connectivity index (χ4n) is 3.77. The van der Waals surface area contributed by atoms with Gasteiger partial charge in [-0.1, -0.05) is 24.3 Å². The van der Waals surface area contributed by atoms with Gasteiger partial charge in [0.1, 0.15) is 5.41 Å². The topological polar surface area (TPSA) is 53.2 Å². The lowest BCUT2D eigenvalue weighted by Gasteiger charge is -2.41. The van der Waals surface area contributed by atoms with Crippen LogP contribution >= 0.6 is 0 Å². The minimum Gasteiger partial charge on any atom is -0.391 e. The molecule has 3 atom stereocenters. The van der Waals surface area contributed by atoms with Crippen LogP contribution in [0, 0.1) is 17.2 Å². The zero-order valence-electron chi connectivity index (χ0n) is 11.7. The van der Waals surface area contributed by atoms with Crippen molar-refractivity contribution >= 4 is 0 Å². The van der Waals surface area contributed by atoms with Crippen LogP contribution in [0.15, 0.2) is 24.3 Å². The molecule has 1 heterocycles. The van der Waals surface area contributed by atoms with E-state index in [0.29, 0.717) is 6.61 Å². The minimum absolute atomic E-state index is 0.0783. The van der Waals surface area contributed by atoms with Crippen molar-refractivity contribution in [3.05, 3.63) is 35.4 Å². The molecule has 1 aliphatic heterocycles. The van der Waals surface area contributed by atoms with E-state index in [0.717, 1.165) is 44.3 Å². The molecular weight excluding hydrogens is 250 g/mol. The van der Waals surface area contributed by atoms with Crippen molar-refractivity contribution in [3.8, 4) is 6.07 Å². The van der Waals surface area contributed by atoms with Crippen LogP contribution in [0.1, 0.15) is 36.8 Å². The average molecular weight is 271 g/mol. The predicted octanol–water partition coefficient (Wildman–Crippen LogP) is 2.57. The van der Waals surface area contributed by atoms with Gasteiger partial charge < -0.3 is 9.84 Å². The maximum Gasteiger partial charge on any atom is 0.109 e. The van der Waals surface area contributed by atoms with E-state index < -0.39 is 11.5 Å². The SMILES string of the molecule is N#CC1(C(O)C2CCCOC2)CCCc2ccccc21. The summed E-state index contributed by atoms with van der Waals surface area (Å²) in [4.78, 5) is 0. The van der Waals surface area contributed by atoms with Crippen molar-refractivity contribution in [2.45, 2.75) is 43.6 Å². The molecular formula is C17H21NO2. The molecule has 20 heavy (non-hydrogen) atoms. The van der Waals surface area contributed by atoms with Gasteiger partial charge in [0.2, 0.25) is 0 Å². The number of aryl methyl sites for hydroxylation is 1. The fourth-order valence-corrected chi connectivity index (χ4v) is 3.77. The van der Waals surface area contributed by atoms with E-state index in [9.17, 15) is 10.4 Å². The Morgan fingerprint density at radius 1 is 1.35 bits per heavy atom. The molecule has 106 valence electrons. The number of nitrogens with zero attached hydrogens (tertiary/aromatic N) is 1. The van der Waals surface area contributed by atoms with Gasteiger partial charge in [0.25, 0.3) is 0 Å². The Morgan fingerprint density at radius 2 is 2.20 bits per heavy atom. The predicted molar refractivity (Wildman–Crippen MR) is 76.2 cm³/mol. The zero-order chi connectivity index (χ0) is 14.0. The van der Waals surface area contributed by atoms with Crippen LogP contribution in [-0.4, -0.2) is 24.4 Å². The van der Waals surface area contributed by atoms with Crippen molar-refractivity contribution in [2.75, 3.05) is 13.2 Å². The van der Waals surface area contributed by atoms with Crippen LogP contribution in [0.5, 0.6) is 0 Å². The van der Waals surface area contributed by atoms with Gasteiger partial charge in [0.05, 0.1) is 18.8 Å². The van der Waals surface area contributed by atoms with Gasteiger partial charge in [-0.15, -0.1) is 0 Å². The highest BCUT2D eigenvalue weighted by atomic mass is 16.5. The summed E-state index contributed by atoms with van der Waals surface area (Å²) >= 11 is 0. The third-order valence-corrected chi connectivity index (χ3v) is 4.86. The van der Waals surface area contributed by atoms with Crippen molar-refractivity contribution in [2.24, 2.45) is 5.92 Å². The van der Waals surface area contributed by atoms with Crippen LogP contribution in [0.4, 0.5) is 0 Å². The number of nitriles is 1. The lowest BCUT2D eigenvalue weighted by molar-refractivity contribution is -0.0354. The maximum atomic E-state index is 10.9. The summed E-state index contributed by atoms with van der Waals surface area (Å²) < 4.78 is 5.50. The molecule has 0 saturated carbocycles. The van der Waals surface area contributed by atoms with E-state index in [-0.39, 0.29) is 5.92 Å². The summed E-state index contributed by atoms with van der Waals surface area (Å²) in [5.74, 6) is 0.0783. The van der Waals surface area contributed by atoms with Crippen LogP contribution in [0.2, 0.25) is 0 Å². The van der Waals surface area contributed by atoms with Crippen molar-refractivity contribution in [3.63, 3.8) is 0 Å². The molecule has 1 fully saturated rings. The van der Waals surface area contributed by atoms with Gasteiger partial charge in [0.15, 0.2) is 0 Å². The van der Waals surface area contributed by atoms with Crippen molar-refractivity contribution in [1.82, 2.24) is 0 Å². The highest BCUT2D eigenvalue weighted by Gasteiger charge is 2.46. The van der Waals surface area contributed by atoms with Crippen molar-refractivity contribution < 1.29 is 9.84 Å². The largest absolute Gasteiger partial charge is 0.391 e. The molecule has 0 radical (unpaired) electrons. The summed E-state index contributed by atoms with van der Waals surface area (Å²) in [6.07, 6.45) is 4.02. The summed E-state index contributed by atoms with van der Waals surface area (Å²) in [5.41, 5.74) is 1.50. The Balaban J connectivity index is 1.98. The smallest absolute Gasteiger partial charge is 0.109 e. The molecule has 1 aromatic rings. The first-order valence-corrected chi connectivity index (χ1v) is 7.53. The number of aliphatic hydroxyl groups is 1. The van der Waals surface area contributed by atoms with E-state index in [1.165, 1.54) is 5.56 Å². The summed E-state index contributed by atoms with van der Waals surface area (Å²) in [7, 11) is 0. The van der Waals surface area contributed by atoms with E-state index >= 15 is 0 Å². The summed E-state index contributed by atoms with van der Waals surface area (Å²) in [6.45, 7) is 1.35. The second kappa shape index (κ2) is 5.55. The van der Waals surface area contributed by atoms with Crippen LogP contribution in [-0.2, 0) is 16.6 Å². The standard InChI is InChI=1S/C17H21NO2/c18-12-17(16(19)14-7-4-10-20-11-14)9-3-6-13-5-1-2-8-15(13)17/h1-2,5,8,14,16,19H,3-4,6-7,9-11H2. The Kier molecular flexibility index (Phi) is 3.78. The molecule has 0 bridgehead atoms. The molecule has 0 aromatic heterocycles. The van der Waals surface area contributed by atoms with Gasteiger partial charge in [-0.25, -0.2) is 0 Å². The van der Waals surface area contributed by atoms with Gasteiger partial charge in [0, 0.05) is 12.5 Å². The molecule has 1 aromatic carbocycles. The first kappa shape index (κ1) is 13.6. The fraction of sp³-hybridized carbons (Fsp3) is 0.588. The number of hydrogen-bond acceptors (Lipinski definition) is 3. The first-order chi connectivity index (χ1) is 9.78. The highest BCUT2D eigenvalue weighted by Crippen LogP contribution is 2.43. The molecule has 0 spiro atoms. The second-order valence-corrected chi connectivity index (χ2v) is 6.02. The maximum absolute atomic E-state index is 10.9. The number of aliphatic hydroxyl groups excluding tert-OH is 1. The minimum atomic E-state index is -0.750. The second-order valence-electron chi connectivity index (χ2n) is 6.02. The van der Waals surface area contributed by atoms with Gasteiger partial charge >= 0.3 is 0 Å². The van der Waals surface area contributed by atoms with Crippen molar-refractivity contribution in [1.29, 1.82) is 5.26 Å². The lowest BCUT2D eigenvalue weighted by atomic mass is 9.64. The molecule has 1 aliphatic carbocycles. The third kappa shape index (κ3) is 2.13. The number of hydrogen-bond donors (Lipinski definition) is 1. The molecule has 2 aliphatic rings. The molecule has 1 N–H and O–H groups in total. The zero-order valence-corrected chi connectivity index (χ0v) is 11.7. The normalized spacial score (nSPS) is 31.1. The van der Waals surface area contributed by atoms with Gasteiger partial charge in [-0.3, -0.25) is 0 Å². The van der Waals surface area contributed by atoms with E-state index in [1.807, 2.05) is 18.2 Å². The molecule has 3 unspecified atom stereocenters. The van der Waals surface area contributed by atoms with Crippen LogP contribution in [0.25, 0.3) is 0 Å². The Morgan fingerprint density at radius 3 is 2.95 bits per heavy atom. The van der Waals surface area contributed by atoms with Gasteiger partial charge in [-0.05, 0) is 43.2 Å². The van der Waals surface area contributed by atoms with Crippen LogP contribution in [0.3, 0.4) is 0 Å². The first-order valence-electron chi connectivity index (χ1n) is 7.53. The molecule has 0 amide bonds. The monoisotopic (exact) mass is 271 g/mol. The summed E-state index contributed by atoms with van der Waals surface area (Å²) in [5, 5.41) is 20.7. The summed E-state index contributed by atoms with van der Waals surface area (Å²) in [6, 6.07) is 10.6. The quantitative estimate of drug-likeness (QED) is 0.899. The van der Waals surface area contributed by atoms with E-state index in [4.69, 9.17) is 4.74 Å². The highest BCUT2D eigenvalue weighted by molar-refractivity contribution is 5.43. The van der Waals surface area contributed by atoms with Gasteiger partial charge in [-0.2, -0.15) is 5.26 Å². The van der Waals surface area contributed by atoms with Crippen LogP contribution < -0.4 is 0 Å². The molecule has 3 nitrogen and oxygen atoms in total. The number of benzene rings is 1. The third-order valence-electron chi connectivity index (χ3n) is 4.86. The molecule has 3 rings (SSSR count). The van der Waals surface area contributed by atoms with E-state index in [1.54, 1.807) is 0 Å². The Bertz CT molecular complexity index is 516. The number of ether oxygens (including phenoxy) is 1. The molecule has 3 heteroatoms. The Hall–Kier alpha value is -1.37. The number of fused-ring (bicyclic) bond motifs is 1.